The van der Waals surface area contributed by atoms with Crippen LogP contribution in [0, 0.1) is 0 Å². The summed E-state index contributed by atoms with van der Waals surface area (Å²) >= 11 is 5.66. The van der Waals surface area contributed by atoms with Crippen LogP contribution in [-0.2, 0) is 10.6 Å². The van der Waals surface area contributed by atoms with Gasteiger partial charge in [-0.1, -0.05) is 6.92 Å². The Morgan fingerprint density at radius 2 is 2.20 bits per heavy atom. The molecular formula is C11H16ClNO2. The summed E-state index contributed by atoms with van der Waals surface area (Å²) in [7, 11) is 0. The van der Waals surface area contributed by atoms with E-state index in [2.05, 4.69) is 11.9 Å². The average molecular weight is 230 g/mol. The molecule has 1 aromatic rings. The van der Waals surface area contributed by atoms with Gasteiger partial charge in [-0.05, 0) is 12.5 Å². The maximum Gasteiger partial charge on any atom is 0.122 e. The van der Waals surface area contributed by atoms with Gasteiger partial charge in [-0.25, -0.2) is 0 Å². The minimum absolute atomic E-state index is 0.406. The first-order chi connectivity index (χ1) is 7.36. The topological polar surface area (TPSA) is 31.4 Å². The molecule has 0 fully saturated rings. The third-order valence-electron chi connectivity index (χ3n) is 1.77. The number of ether oxygens (including phenoxy) is 2. The van der Waals surface area contributed by atoms with Crippen LogP contribution in [0.1, 0.15) is 19.0 Å². The summed E-state index contributed by atoms with van der Waals surface area (Å²) < 4.78 is 10.8. The number of halogens is 1. The Bertz CT molecular complexity index is 281. The predicted molar refractivity (Wildman–Crippen MR) is 60.4 cm³/mol. The van der Waals surface area contributed by atoms with Gasteiger partial charge in [0.25, 0.3) is 0 Å². The van der Waals surface area contributed by atoms with Crippen LogP contribution in [0.25, 0.3) is 0 Å². The van der Waals surface area contributed by atoms with Gasteiger partial charge in [0.05, 0.1) is 18.2 Å². The smallest absolute Gasteiger partial charge is 0.122 e. The lowest BCUT2D eigenvalue weighted by atomic mass is 10.3. The number of pyridine rings is 1. The summed E-state index contributed by atoms with van der Waals surface area (Å²) in [4.78, 5) is 4.07. The van der Waals surface area contributed by atoms with Crippen molar-refractivity contribution in [2.45, 2.75) is 19.2 Å². The number of nitrogens with zero attached hydrogens (tertiary/aromatic N) is 1. The normalized spacial score (nSPS) is 10.3. The molecule has 0 spiro atoms. The van der Waals surface area contributed by atoms with E-state index in [9.17, 15) is 0 Å². The van der Waals surface area contributed by atoms with Gasteiger partial charge in [0, 0.05) is 18.9 Å². The molecule has 0 bridgehead atoms. The van der Waals surface area contributed by atoms with Crippen molar-refractivity contribution in [3.05, 3.63) is 24.0 Å². The second-order valence-corrected chi connectivity index (χ2v) is 3.34. The first-order valence-electron chi connectivity index (χ1n) is 5.08. The van der Waals surface area contributed by atoms with Crippen molar-refractivity contribution < 1.29 is 9.47 Å². The molecule has 0 amide bonds. The molecule has 0 radical (unpaired) electrons. The van der Waals surface area contributed by atoms with Gasteiger partial charge < -0.3 is 9.47 Å². The standard InChI is InChI=1S/C11H16ClNO2/c1-2-5-14-6-7-15-11-3-4-13-10(8-11)9-12/h3-4,8H,2,5-7,9H2,1H3. The van der Waals surface area contributed by atoms with E-state index in [1.54, 1.807) is 6.20 Å². The first-order valence-corrected chi connectivity index (χ1v) is 5.61. The van der Waals surface area contributed by atoms with E-state index < -0.39 is 0 Å². The van der Waals surface area contributed by atoms with Crippen LogP contribution in [0.5, 0.6) is 5.75 Å². The van der Waals surface area contributed by atoms with Crippen molar-refractivity contribution in [2.75, 3.05) is 19.8 Å². The Balaban J connectivity index is 2.24. The first kappa shape index (κ1) is 12.3. The zero-order chi connectivity index (χ0) is 10.9. The minimum Gasteiger partial charge on any atom is -0.491 e. The molecule has 0 aliphatic heterocycles. The van der Waals surface area contributed by atoms with E-state index in [0.29, 0.717) is 19.1 Å². The zero-order valence-corrected chi connectivity index (χ0v) is 9.67. The summed E-state index contributed by atoms with van der Waals surface area (Å²) in [6.45, 7) is 4.04. The van der Waals surface area contributed by atoms with E-state index in [0.717, 1.165) is 24.5 Å². The van der Waals surface area contributed by atoms with Gasteiger partial charge in [0.2, 0.25) is 0 Å². The predicted octanol–water partition coefficient (Wildman–Crippen LogP) is 2.63. The molecule has 3 nitrogen and oxygen atoms in total. The molecule has 1 aromatic heterocycles. The zero-order valence-electron chi connectivity index (χ0n) is 8.91. The van der Waals surface area contributed by atoms with Crippen molar-refractivity contribution >= 4 is 11.6 Å². The van der Waals surface area contributed by atoms with Crippen molar-refractivity contribution in [2.24, 2.45) is 0 Å². The van der Waals surface area contributed by atoms with Crippen LogP contribution in [0.4, 0.5) is 0 Å². The molecular weight excluding hydrogens is 214 g/mol. The molecule has 1 heterocycles. The van der Waals surface area contributed by atoms with E-state index in [1.165, 1.54) is 0 Å². The molecule has 0 saturated heterocycles. The second-order valence-electron chi connectivity index (χ2n) is 3.08. The highest BCUT2D eigenvalue weighted by Gasteiger charge is 1.96. The third kappa shape index (κ3) is 5.00. The van der Waals surface area contributed by atoms with Gasteiger partial charge in [-0.15, -0.1) is 11.6 Å². The number of hydrogen-bond acceptors (Lipinski definition) is 3. The lowest BCUT2D eigenvalue weighted by molar-refractivity contribution is 0.101. The van der Waals surface area contributed by atoms with Gasteiger partial charge >= 0.3 is 0 Å². The van der Waals surface area contributed by atoms with Crippen molar-refractivity contribution in [3.8, 4) is 5.75 Å². The van der Waals surface area contributed by atoms with Crippen molar-refractivity contribution in [3.63, 3.8) is 0 Å². The maximum atomic E-state index is 5.66. The molecule has 4 heteroatoms. The van der Waals surface area contributed by atoms with Crippen molar-refractivity contribution in [1.82, 2.24) is 4.98 Å². The Hall–Kier alpha value is -0.800. The van der Waals surface area contributed by atoms with Gasteiger partial charge in [0.15, 0.2) is 0 Å². The molecule has 0 N–H and O–H groups in total. The summed E-state index contributed by atoms with van der Waals surface area (Å²) in [5.74, 6) is 1.20. The Labute approximate surface area is 95.4 Å². The molecule has 0 saturated carbocycles. The number of rotatable bonds is 7. The van der Waals surface area contributed by atoms with E-state index >= 15 is 0 Å². The molecule has 15 heavy (non-hydrogen) atoms. The fraction of sp³-hybridized carbons (Fsp3) is 0.545. The minimum atomic E-state index is 0.406. The third-order valence-corrected chi connectivity index (χ3v) is 2.04. The lowest BCUT2D eigenvalue weighted by Gasteiger charge is -2.06. The summed E-state index contributed by atoms with van der Waals surface area (Å²) in [5, 5.41) is 0. The fourth-order valence-electron chi connectivity index (χ4n) is 1.08. The molecule has 0 aliphatic carbocycles. The van der Waals surface area contributed by atoms with Crippen LogP contribution in [0.3, 0.4) is 0 Å². The van der Waals surface area contributed by atoms with E-state index in [4.69, 9.17) is 21.1 Å². The molecule has 0 unspecified atom stereocenters. The Morgan fingerprint density at radius 3 is 2.93 bits per heavy atom. The summed E-state index contributed by atoms with van der Waals surface area (Å²) in [5.41, 5.74) is 0.823. The Morgan fingerprint density at radius 1 is 1.33 bits per heavy atom. The molecule has 0 atom stereocenters. The quantitative estimate of drug-likeness (QED) is 0.532. The van der Waals surface area contributed by atoms with Crippen molar-refractivity contribution in [1.29, 1.82) is 0 Å². The summed E-state index contributed by atoms with van der Waals surface area (Å²) in [6.07, 6.45) is 2.73. The summed E-state index contributed by atoms with van der Waals surface area (Å²) in [6, 6.07) is 3.66. The Kier molecular flexibility index (Phi) is 6.12. The van der Waals surface area contributed by atoms with E-state index in [1.807, 2.05) is 12.1 Å². The van der Waals surface area contributed by atoms with Gasteiger partial charge in [-0.3, -0.25) is 4.98 Å². The van der Waals surface area contributed by atoms with Gasteiger partial charge in [0.1, 0.15) is 12.4 Å². The fourth-order valence-corrected chi connectivity index (χ4v) is 1.23. The SMILES string of the molecule is CCCOCCOc1ccnc(CCl)c1. The second kappa shape index (κ2) is 7.49. The molecule has 0 aliphatic rings. The van der Waals surface area contributed by atoms with Gasteiger partial charge in [-0.2, -0.15) is 0 Å². The van der Waals surface area contributed by atoms with E-state index in [-0.39, 0.29) is 0 Å². The maximum absolute atomic E-state index is 5.66. The monoisotopic (exact) mass is 229 g/mol. The molecule has 84 valence electrons. The number of aromatic nitrogens is 1. The van der Waals surface area contributed by atoms with Crippen LogP contribution < -0.4 is 4.74 Å². The average Bonchev–Trinajstić information content (AvgIpc) is 2.29. The van der Waals surface area contributed by atoms with Crippen LogP contribution in [-0.4, -0.2) is 24.8 Å². The van der Waals surface area contributed by atoms with Crippen LogP contribution >= 0.6 is 11.6 Å². The number of hydrogen-bond donors (Lipinski definition) is 0. The number of alkyl halides is 1. The highest BCUT2D eigenvalue weighted by atomic mass is 35.5. The lowest BCUT2D eigenvalue weighted by Crippen LogP contribution is -2.07. The molecule has 0 aromatic carbocycles. The van der Waals surface area contributed by atoms with Crippen LogP contribution in [0.2, 0.25) is 0 Å². The highest BCUT2D eigenvalue weighted by molar-refractivity contribution is 6.16. The largest absolute Gasteiger partial charge is 0.491 e. The molecule has 1 rings (SSSR count). The van der Waals surface area contributed by atoms with Crippen LogP contribution in [0.15, 0.2) is 18.3 Å². The highest BCUT2D eigenvalue weighted by Crippen LogP contribution is 2.11.